The van der Waals surface area contributed by atoms with E-state index in [-0.39, 0.29) is 11.8 Å². The van der Waals surface area contributed by atoms with Crippen molar-refractivity contribution in [1.29, 1.82) is 0 Å². The molecule has 0 aromatic heterocycles. The van der Waals surface area contributed by atoms with Gasteiger partial charge in [0.05, 0.1) is 5.92 Å². The fourth-order valence-corrected chi connectivity index (χ4v) is 1.43. The van der Waals surface area contributed by atoms with E-state index in [1.165, 1.54) is 0 Å². The molecule has 1 amide bonds. The number of amides is 1. The largest absolute Gasteiger partial charge is 0.414 e. The molecule has 0 aliphatic carbocycles. The van der Waals surface area contributed by atoms with Crippen LogP contribution in [0.1, 0.15) is 6.92 Å². The monoisotopic (exact) mass is 226 g/mol. The maximum absolute atomic E-state index is 11.7. The fraction of sp³-hybridized carbons (Fsp3) is 0.875. The van der Waals surface area contributed by atoms with Gasteiger partial charge in [-0.25, -0.2) is 5.48 Å². The number of carbonyl (C=O) groups excluding carboxylic acids is 1. The Balaban J connectivity index is 2.24. The Morgan fingerprint density at radius 3 is 2.67 bits per heavy atom. The molecule has 0 radical (unpaired) electrons. The third kappa shape index (κ3) is 4.05. The third-order valence-corrected chi connectivity index (χ3v) is 2.26. The van der Waals surface area contributed by atoms with Gasteiger partial charge in [0.1, 0.15) is 0 Å². The van der Waals surface area contributed by atoms with Crippen molar-refractivity contribution in [3.63, 3.8) is 0 Å². The van der Waals surface area contributed by atoms with Gasteiger partial charge in [-0.15, -0.1) is 0 Å². The zero-order chi connectivity index (χ0) is 11.5. The van der Waals surface area contributed by atoms with Gasteiger partial charge in [0, 0.05) is 6.54 Å². The minimum Gasteiger partial charge on any atom is -0.316 e. The summed E-state index contributed by atoms with van der Waals surface area (Å²) in [5.74, 6) is -0.713. The van der Waals surface area contributed by atoms with E-state index in [2.05, 4.69) is 10.2 Å². The zero-order valence-corrected chi connectivity index (χ0v) is 8.23. The number of hydrogen-bond donors (Lipinski definition) is 2. The van der Waals surface area contributed by atoms with Gasteiger partial charge < -0.3 is 5.32 Å². The van der Waals surface area contributed by atoms with Crippen LogP contribution < -0.4 is 10.8 Å². The minimum absolute atomic E-state index is 0.111. The first kappa shape index (κ1) is 12.3. The first-order valence-electron chi connectivity index (χ1n) is 4.59. The van der Waals surface area contributed by atoms with Crippen LogP contribution >= 0.6 is 0 Å². The van der Waals surface area contributed by atoms with Crippen molar-refractivity contribution in [2.24, 2.45) is 11.8 Å². The standard InChI is InChI=1S/C8H13F3N2O2/c1-5-2-12-3-6(5)7(14)13-15-4-8(9,10)11/h5-6,12H,2-4H2,1H3,(H,13,14)/t5-,6-/m1/s1. The zero-order valence-electron chi connectivity index (χ0n) is 8.23. The van der Waals surface area contributed by atoms with Gasteiger partial charge >= 0.3 is 6.18 Å². The van der Waals surface area contributed by atoms with E-state index in [9.17, 15) is 18.0 Å². The van der Waals surface area contributed by atoms with Crippen molar-refractivity contribution in [2.45, 2.75) is 13.1 Å². The number of nitrogens with one attached hydrogen (secondary N) is 2. The fourth-order valence-electron chi connectivity index (χ4n) is 1.43. The minimum atomic E-state index is -4.42. The number of alkyl halides is 3. The van der Waals surface area contributed by atoms with Crippen LogP contribution in [0.4, 0.5) is 13.2 Å². The summed E-state index contributed by atoms with van der Waals surface area (Å²) in [4.78, 5) is 15.4. The molecule has 1 aliphatic rings. The van der Waals surface area contributed by atoms with Crippen molar-refractivity contribution in [2.75, 3.05) is 19.7 Å². The van der Waals surface area contributed by atoms with Gasteiger partial charge in [-0.05, 0) is 12.5 Å². The second kappa shape index (κ2) is 4.80. The first-order chi connectivity index (χ1) is 6.90. The molecular weight excluding hydrogens is 213 g/mol. The highest BCUT2D eigenvalue weighted by molar-refractivity contribution is 5.78. The maximum atomic E-state index is 11.7. The summed E-state index contributed by atoms with van der Waals surface area (Å²) in [5, 5.41) is 2.97. The number of hydrogen-bond acceptors (Lipinski definition) is 3. The lowest BCUT2D eigenvalue weighted by Gasteiger charge is -2.14. The molecule has 0 aromatic rings. The SMILES string of the molecule is C[C@@H]1CNC[C@H]1C(=O)NOCC(F)(F)F. The molecule has 1 rings (SSSR count). The number of carbonyl (C=O) groups is 1. The Morgan fingerprint density at radius 1 is 1.53 bits per heavy atom. The molecular formula is C8H13F3N2O2. The van der Waals surface area contributed by atoms with Gasteiger partial charge in [0.25, 0.3) is 0 Å². The van der Waals surface area contributed by atoms with Crippen molar-refractivity contribution < 1.29 is 22.8 Å². The average Bonchev–Trinajstić information content (AvgIpc) is 2.48. The number of hydroxylamine groups is 1. The van der Waals surface area contributed by atoms with Crippen LogP contribution in [0.15, 0.2) is 0 Å². The number of rotatable bonds is 3. The Labute approximate surface area is 85.1 Å². The lowest BCUT2D eigenvalue weighted by Crippen LogP contribution is -2.36. The molecule has 0 aromatic carbocycles. The van der Waals surface area contributed by atoms with Crippen LogP contribution in [0.2, 0.25) is 0 Å². The van der Waals surface area contributed by atoms with Crippen LogP contribution in [0.3, 0.4) is 0 Å². The molecule has 0 spiro atoms. The van der Waals surface area contributed by atoms with Crippen LogP contribution in [-0.2, 0) is 9.63 Å². The van der Waals surface area contributed by atoms with E-state index in [0.717, 1.165) is 0 Å². The van der Waals surface area contributed by atoms with E-state index in [1.807, 2.05) is 12.4 Å². The quantitative estimate of drug-likeness (QED) is 0.687. The second-order valence-corrected chi connectivity index (χ2v) is 3.61. The molecule has 88 valence electrons. The summed E-state index contributed by atoms with van der Waals surface area (Å²) in [6, 6.07) is 0. The van der Waals surface area contributed by atoms with Gasteiger partial charge in [0.2, 0.25) is 5.91 Å². The average molecular weight is 226 g/mol. The van der Waals surface area contributed by atoms with Gasteiger partial charge in [-0.2, -0.15) is 13.2 Å². The van der Waals surface area contributed by atoms with Crippen molar-refractivity contribution in [1.82, 2.24) is 10.8 Å². The maximum Gasteiger partial charge on any atom is 0.414 e. The van der Waals surface area contributed by atoms with Crippen LogP contribution in [0.5, 0.6) is 0 Å². The molecule has 2 N–H and O–H groups in total. The highest BCUT2D eigenvalue weighted by Crippen LogP contribution is 2.16. The first-order valence-corrected chi connectivity index (χ1v) is 4.59. The van der Waals surface area contributed by atoms with Crippen molar-refractivity contribution in [3.05, 3.63) is 0 Å². The smallest absolute Gasteiger partial charge is 0.316 e. The van der Waals surface area contributed by atoms with E-state index in [1.54, 1.807) is 0 Å². The summed E-state index contributed by atoms with van der Waals surface area (Å²) in [5.41, 5.74) is 1.81. The molecule has 4 nitrogen and oxygen atoms in total. The highest BCUT2D eigenvalue weighted by Gasteiger charge is 2.32. The van der Waals surface area contributed by atoms with Gasteiger partial charge in [0.15, 0.2) is 6.61 Å². The van der Waals surface area contributed by atoms with Crippen LogP contribution in [0.25, 0.3) is 0 Å². The molecule has 1 aliphatic heterocycles. The normalized spacial score (nSPS) is 26.7. The van der Waals surface area contributed by atoms with E-state index in [0.29, 0.717) is 13.1 Å². The molecule has 2 atom stereocenters. The molecule has 0 saturated carbocycles. The Bertz CT molecular complexity index is 232. The van der Waals surface area contributed by atoms with Gasteiger partial charge in [-0.1, -0.05) is 6.92 Å². The lowest BCUT2D eigenvalue weighted by atomic mass is 9.98. The van der Waals surface area contributed by atoms with Crippen molar-refractivity contribution >= 4 is 5.91 Å². The summed E-state index contributed by atoms with van der Waals surface area (Å²) < 4.78 is 35.0. The van der Waals surface area contributed by atoms with Crippen LogP contribution in [-0.4, -0.2) is 31.8 Å². The molecule has 1 saturated heterocycles. The Morgan fingerprint density at radius 2 is 2.20 bits per heavy atom. The molecule has 0 bridgehead atoms. The third-order valence-electron chi connectivity index (χ3n) is 2.26. The lowest BCUT2D eigenvalue weighted by molar-refractivity contribution is -0.192. The number of halogens is 3. The predicted molar refractivity (Wildman–Crippen MR) is 45.7 cm³/mol. The molecule has 1 heterocycles. The van der Waals surface area contributed by atoms with E-state index >= 15 is 0 Å². The van der Waals surface area contributed by atoms with E-state index < -0.39 is 18.7 Å². The van der Waals surface area contributed by atoms with E-state index in [4.69, 9.17) is 0 Å². The molecule has 1 fully saturated rings. The van der Waals surface area contributed by atoms with Crippen molar-refractivity contribution in [3.8, 4) is 0 Å². The summed E-state index contributed by atoms with van der Waals surface area (Å²) >= 11 is 0. The highest BCUT2D eigenvalue weighted by atomic mass is 19.4. The Kier molecular flexibility index (Phi) is 3.92. The molecule has 7 heteroatoms. The Hall–Kier alpha value is -0.820. The van der Waals surface area contributed by atoms with Crippen LogP contribution in [0, 0.1) is 11.8 Å². The summed E-state index contributed by atoms with van der Waals surface area (Å²) in [6.45, 7) is 1.56. The van der Waals surface area contributed by atoms with Gasteiger partial charge in [-0.3, -0.25) is 9.63 Å². The molecule has 0 unspecified atom stereocenters. The predicted octanol–water partition coefficient (Wildman–Crippen LogP) is 0.452. The summed E-state index contributed by atoms with van der Waals surface area (Å²) in [7, 11) is 0. The topological polar surface area (TPSA) is 50.4 Å². The second-order valence-electron chi connectivity index (χ2n) is 3.61. The summed E-state index contributed by atoms with van der Waals surface area (Å²) in [6.07, 6.45) is -4.42. The molecule has 15 heavy (non-hydrogen) atoms.